The van der Waals surface area contributed by atoms with E-state index in [0.29, 0.717) is 13.1 Å². The molecule has 8 rings (SSSR count). The first kappa shape index (κ1) is 39.8. The van der Waals surface area contributed by atoms with E-state index in [0.717, 1.165) is 105 Å². The van der Waals surface area contributed by atoms with Crippen molar-refractivity contribution >= 4 is 67.4 Å². The average molecular weight is 800 g/mol. The summed E-state index contributed by atoms with van der Waals surface area (Å²) in [5.74, 6) is 0.896. The van der Waals surface area contributed by atoms with E-state index < -0.39 is 18.2 Å². The number of pyridine rings is 1. The van der Waals surface area contributed by atoms with Crippen LogP contribution in [0.25, 0.3) is 54.9 Å². The van der Waals surface area contributed by atoms with Crippen LogP contribution in [-0.4, -0.2) is 90.8 Å². The quantitative estimate of drug-likeness (QED) is 0.116. The van der Waals surface area contributed by atoms with Gasteiger partial charge in [0.05, 0.1) is 47.0 Å². The SMILES string of the molecule is COC(=O)N[C@H](C(=O)N1CCCCC1c1nc2ccc3cc(-c4ccc5c(ccc6nc(C7CCCCN7C(=O)[C@@H](NC(C)=O)C(C)C)[nH]c65)c4)ncc3c2[nH]1)C(C)C. The van der Waals surface area contributed by atoms with E-state index in [1.165, 1.54) is 14.0 Å². The largest absolute Gasteiger partial charge is 0.453 e. The lowest BCUT2D eigenvalue weighted by Gasteiger charge is -2.37. The summed E-state index contributed by atoms with van der Waals surface area (Å²) >= 11 is 0. The molecule has 4 atom stereocenters. The summed E-state index contributed by atoms with van der Waals surface area (Å²) in [6.07, 6.45) is 6.57. The number of nitrogens with zero attached hydrogens (tertiary/aromatic N) is 5. The highest BCUT2D eigenvalue weighted by atomic mass is 16.5. The first-order chi connectivity index (χ1) is 28.4. The number of H-pyrrole nitrogens is 2. The number of amides is 4. The number of aromatic nitrogens is 5. The number of benzene rings is 3. The zero-order valence-electron chi connectivity index (χ0n) is 34.6. The third kappa shape index (κ3) is 7.68. The molecule has 59 heavy (non-hydrogen) atoms. The molecular weight excluding hydrogens is 747 g/mol. The van der Waals surface area contributed by atoms with Crippen molar-refractivity contribution in [3.63, 3.8) is 0 Å². The highest BCUT2D eigenvalue weighted by Crippen LogP contribution is 2.37. The molecule has 14 heteroatoms. The van der Waals surface area contributed by atoms with E-state index in [-0.39, 0.29) is 41.6 Å². The number of aromatic amines is 2. The second kappa shape index (κ2) is 16.3. The third-order valence-corrected chi connectivity index (χ3v) is 12.0. The molecule has 2 saturated heterocycles. The monoisotopic (exact) mass is 799 g/mol. The molecule has 0 spiro atoms. The minimum absolute atomic E-state index is 0.0432. The number of ether oxygens (including phenoxy) is 1. The molecule has 2 aliphatic heterocycles. The van der Waals surface area contributed by atoms with Gasteiger partial charge in [0.2, 0.25) is 17.7 Å². The normalized spacial score (nSPS) is 18.5. The number of hydrogen-bond acceptors (Lipinski definition) is 8. The predicted octanol–water partition coefficient (Wildman–Crippen LogP) is 7.46. The fraction of sp³-hybridized carbons (Fsp3) is 0.444. The van der Waals surface area contributed by atoms with Gasteiger partial charge >= 0.3 is 6.09 Å². The number of likely N-dealkylation sites (tertiary alicyclic amines) is 2. The van der Waals surface area contributed by atoms with E-state index in [1.807, 2.05) is 55.8 Å². The lowest BCUT2D eigenvalue weighted by molar-refractivity contribution is -0.141. The molecule has 2 aliphatic rings. The van der Waals surface area contributed by atoms with Crippen molar-refractivity contribution in [2.75, 3.05) is 20.2 Å². The van der Waals surface area contributed by atoms with Crippen LogP contribution >= 0.6 is 0 Å². The fourth-order valence-corrected chi connectivity index (χ4v) is 8.93. The van der Waals surface area contributed by atoms with Crippen LogP contribution in [0.4, 0.5) is 4.79 Å². The number of hydrogen-bond donors (Lipinski definition) is 4. The maximum Gasteiger partial charge on any atom is 0.407 e. The Labute approximate surface area is 342 Å². The van der Waals surface area contributed by atoms with Gasteiger partial charge in [-0.05, 0) is 85.4 Å². The number of nitrogens with one attached hydrogen (secondary N) is 4. The molecule has 4 N–H and O–H groups in total. The van der Waals surface area contributed by atoms with Gasteiger partial charge in [0.1, 0.15) is 23.7 Å². The Bertz CT molecular complexity index is 2580. The summed E-state index contributed by atoms with van der Waals surface area (Å²) in [6, 6.07) is 14.8. The fourth-order valence-electron chi connectivity index (χ4n) is 8.93. The predicted molar refractivity (Wildman–Crippen MR) is 227 cm³/mol. The number of piperidine rings is 2. The van der Waals surface area contributed by atoms with Crippen LogP contribution in [0.2, 0.25) is 0 Å². The van der Waals surface area contributed by atoms with Crippen LogP contribution in [0.3, 0.4) is 0 Å². The highest BCUT2D eigenvalue weighted by Gasteiger charge is 2.37. The second-order valence-corrected chi connectivity index (χ2v) is 16.8. The van der Waals surface area contributed by atoms with Crippen molar-refractivity contribution in [3.8, 4) is 11.3 Å². The summed E-state index contributed by atoms with van der Waals surface area (Å²) in [7, 11) is 1.30. The van der Waals surface area contributed by atoms with Gasteiger partial charge in [-0.3, -0.25) is 19.4 Å². The Morgan fingerprint density at radius 2 is 1.25 bits per heavy atom. The van der Waals surface area contributed by atoms with Gasteiger partial charge < -0.3 is 35.1 Å². The Hall–Kier alpha value is -6.05. The Morgan fingerprint density at radius 3 is 1.80 bits per heavy atom. The Balaban J connectivity index is 1.06. The molecule has 6 aromatic rings. The number of fused-ring (bicyclic) bond motifs is 6. The summed E-state index contributed by atoms with van der Waals surface area (Å²) < 4.78 is 4.81. The second-order valence-electron chi connectivity index (χ2n) is 16.8. The molecule has 0 bridgehead atoms. The van der Waals surface area contributed by atoms with Gasteiger partial charge in [-0.15, -0.1) is 0 Å². The highest BCUT2D eigenvalue weighted by molar-refractivity contribution is 6.07. The minimum atomic E-state index is -0.709. The smallest absolute Gasteiger partial charge is 0.407 e. The molecule has 2 fully saturated rings. The summed E-state index contributed by atoms with van der Waals surface area (Å²) in [6.45, 7) is 10.4. The van der Waals surface area contributed by atoms with Crippen LogP contribution in [0.1, 0.15) is 96.9 Å². The number of rotatable bonds is 9. The minimum Gasteiger partial charge on any atom is -0.453 e. The number of alkyl carbamates (subject to hydrolysis) is 1. The van der Waals surface area contributed by atoms with Gasteiger partial charge in [-0.1, -0.05) is 52.0 Å². The van der Waals surface area contributed by atoms with Crippen LogP contribution in [0, 0.1) is 11.8 Å². The molecule has 0 saturated carbocycles. The van der Waals surface area contributed by atoms with Gasteiger partial charge in [0.25, 0.3) is 0 Å². The van der Waals surface area contributed by atoms with Crippen LogP contribution in [0.15, 0.2) is 54.7 Å². The lowest BCUT2D eigenvalue weighted by Crippen LogP contribution is -2.53. The van der Waals surface area contributed by atoms with Crippen LogP contribution in [0.5, 0.6) is 0 Å². The van der Waals surface area contributed by atoms with Crippen molar-refractivity contribution in [3.05, 3.63) is 66.4 Å². The van der Waals surface area contributed by atoms with Gasteiger partial charge in [0, 0.05) is 42.5 Å². The van der Waals surface area contributed by atoms with Crippen LogP contribution in [-0.2, 0) is 19.1 Å². The van der Waals surface area contributed by atoms with E-state index in [4.69, 9.17) is 19.7 Å². The summed E-state index contributed by atoms with van der Waals surface area (Å²) in [5, 5.41) is 9.61. The molecular formula is C45H53N9O5. The van der Waals surface area contributed by atoms with Crippen molar-refractivity contribution in [2.24, 2.45) is 11.8 Å². The van der Waals surface area contributed by atoms with E-state index >= 15 is 0 Å². The average Bonchev–Trinajstić information content (AvgIpc) is 3.89. The molecule has 0 radical (unpaired) electrons. The van der Waals surface area contributed by atoms with Crippen molar-refractivity contribution in [1.29, 1.82) is 0 Å². The third-order valence-electron chi connectivity index (χ3n) is 12.0. The van der Waals surface area contributed by atoms with Crippen molar-refractivity contribution in [1.82, 2.24) is 45.4 Å². The number of carbonyl (C=O) groups excluding carboxylic acids is 4. The molecule has 0 aliphatic carbocycles. The maximum absolute atomic E-state index is 13.9. The molecule has 4 amide bonds. The standard InChI is InChI=1S/C45H53N9O5/c1-24(2)37(47-26(5)55)43(56)53-19-9-7-11-35(53)41-48-32-17-14-27-21-29(13-16-30(27)39(32)50-41)34-22-28-15-18-33-40(31(28)23-46-34)51-42(49-33)36-12-8-10-20-54(36)44(57)38(25(3)4)52-45(58)59-6/h13-18,21-25,35-38H,7-12,19-20H2,1-6H3,(H,47,55)(H,48,50)(H,49,51)(H,52,58)/t35?,36?,37-,38-/m0/s1. The van der Waals surface area contributed by atoms with Gasteiger partial charge in [-0.2, -0.15) is 0 Å². The van der Waals surface area contributed by atoms with Crippen LogP contribution < -0.4 is 10.6 Å². The number of imidazole rings is 2. The molecule has 308 valence electrons. The molecule has 3 aromatic carbocycles. The Kier molecular flexibility index (Phi) is 11.0. The lowest BCUT2D eigenvalue weighted by atomic mass is 9.97. The first-order valence-electron chi connectivity index (χ1n) is 20.9. The topological polar surface area (TPSA) is 178 Å². The molecule has 2 unspecified atom stereocenters. The zero-order chi connectivity index (χ0) is 41.5. The zero-order valence-corrected chi connectivity index (χ0v) is 34.6. The summed E-state index contributed by atoms with van der Waals surface area (Å²) in [5.41, 5.74) is 5.24. The maximum atomic E-state index is 13.9. The number of carbonyl (C=O) groups is 4. The molecule has 14 nitrogen and oxygen atoms in total. The van der Waals surface area contributed by atoms with E-state index in [2.05, 4.69) is 57.0 Å². The first-order valence-corrected chi connectivity index (χ1v) is 20.9. The van der Waals surface area contributed by atoms with Gasteiger partial charge in [0.15, 0.2) is 0 Å². The van der Waals surface area contributed by atoms with Crippen molar-refractivity contribution < 1.29 is 23.9 Å². The van der Waals surface area contributed by atoms with E-state index in [1.54, 1.807) is 0 Å². The molecule has 3 aromatic heterocycles. The van der Waals surface area contributed by atoms with Crippen molar-refractivity contribution in [2.45, 2.75) is 97.3 Å². The van der Waals surface area contributed by atoms with E-state index in [9.17, 15) is 19.2 Å². The number of methoxy groups -OCH3 is 1. The Morgan fingerprint density at radius 1 is 0.712 bits per heavy atom. The molecule has 5 heterocycles. The summed E-state index contributed by atoms with van der Waals surface area (Å²) in [4.78, 5) is 77.6. The van der Waals surface area contributed by atoms with Gasteiger partial charge in [-0.25, -0.2) is 14.8 Å².